The van der Waals surface area contributed by atoms with Crippen molar-refractivity contribution in [2.75, 3.05) is 19.5 Å². The molecule has 0 atom stereocenters. The molecule has 0 saturated carbocycles. The molecule has 4 nitrogen and oxygen atoms in total. The molecule has 0 aliphatic rings. The lowest BCUT2D eigenvalue weighted by molar-refractivity contribution is 0.414. The van der Waals surface area contributed by atoms with Gasteiger partial charge in [0.15, 0.2) is 0 Å². The van der Waals surface area contributed by atoms with Gasteiger partial charge in [-0.05, 0) is 42.0 Å². The Kier molecular flexibility index (Phi) is 4.32. The molecular weight excluding hydrogens is 324 g/mol. The molecule has 0 unspecified atom stereocenters. The third kappa shape index (κ3) is 3.02. The minimum Gasteiger partial charge on any atom is -0.497 e. The van der Waals surface area contributed by atoms with E-state index in [9.17, 15) is 0 Å². The molecule has 0 saturated heterocycles. The van der Waals surface area contributed by atoms with E-state index in [1.807, 2.05) is 48.5 Å². The zero-order chi connectivity index (χ0) is 17.9. The fraction of sp³-hybridized carbons (Fsp3) is 0.136. The molecule has 0 spiro atoms. The molecule has 4 aromatic rings. The third-order valence-electron chi connectivity index (χ3n) is 4.52. The van der Waals surface area contributed by atoms with Crippen molar-refractivity contribution in [3.63, 3.8) is 0 Å². The Morgan fingerprint density at radius 1 is 0.769 bits per heavy atom. The number of hydrogen-bond donors (Lipinski definition) is 1. The van der Waals surface area contributed by atoms with E-state index in [0.717, 1.165) is 39.0 Å². The van der Waals surface area contributed by atoms with Crippen molar-refractivity contribution in [3.8, 4) is 11.5 Å². The smallest absolute Gasteiger partial charge is 0.119 e. The summed E-state index contributed by atoms with van der Waals surface area (Å²) in [5.41, 5.74) is 4.17. The van der Waals surface area contributed by atoms with E-state index in [1.54, 1.807) is 14.2 Å². The minimum atomic E-state index is 0.713. The maximum absolute atomic E-state index is 5.41. The highest BCUT2D eigenvalue weighted by Crippen LogP contribution is 2.33. The van der Waals surface area contributed by atoms with Crippen molar-refractivity contribution in [1.82, 2.24) is 4.98 Å². The molecule has 4 heteroatoms. The van der Waals surface area contributed by atoms with Crippen molar-refractivity contribution >= 4 is 27.5 Å². The van der Waals surface area contributed by atoms with Crippen LogP contribution in [0, 0.1) is 0 Å². The largest absolute Gasteiger partial charge is 0.497 e. The standard InChI is InChI=1S/C22H20N2O2/c1-25-16-9-7-15(8-10-16)14-23-22-18-5-3-4-6-20(18)24-21-12-11-17(26-2)13-19(21)22/h3-13H,14H2,1-2H3,(H,23,24). The lowest BCUT2D eigenvalue weighted by Gasteiger charge is -2.14. The predicted molar refractivity (Wildman–Crippen MR) is 106 cm³/mol. The summed E-state index contributed by atoms with van der Waals surface area (Å²) in [6, 6.07) is 22.2. The van der Waals surface area contributed by atoms with Gasteiger partial charge in [-0.2, -0.15) is 0 Å². The molecule has 0 fully saturated rings. The van der Waals surface area contributed by atoms with Crippen LogP contribution in [0.2, 0.25) is 0 Å². The number of anilines is 1. The summed E-state index contributed by atoms with van der Waals surface area (Å²) in [7, 11) is 3.36. The van der Waals surface area contributed by atoms with Gasteiger partial charge in [-0.25, -0.2) is 4.98 Å². The van der Waals surface area contributed by atoms with E-state index >= 15 is 0 Å². The van der Waals surface area contributed by atoms with Gasteiger partial charge >= 0.3 is 0 Å². The highest BCUT2D eigenvalue weighted by molar-refractivity contribution is 6.07. The van der Waals surface area contributed by atoms with Crippen LogP contribution in [0.4, 0.5) is 5.69 Å². The molecule has 1 N–H and O–H groups in total. The number of methoxy groups -OCH3 is 2. The van der Waals surface area contributed by atoms with E-state index < -0.39 is 0 Å². The monoisotopic (exact) mass is 344 g/mol. The second kappa shape index (κ2) is 6.92. The van der Waals surface area contributed by atoms with E-state index in [4.69, 9.17) is 14.5 Å². The van der Waals surface area contributed by atoms with Crippen LogP contribution in [0.15, 0.2) is 66.7 Å². The summed E-state index contributed by atoms with van der Waals surface area (Å²) in [5.74, 6) is 1.68. The minimum absolute atomic E-state index is 0.713. The highest BCUT2D eigenvalue weighted by Gasteiger charge is 2.10. The number of hydrogen-bond acceptors (Lipinski definition) is 4. The summed E-state index contributed by atoms with van der Waals surface area (Å²) in [5, 5.41) is 5.75. The van der Waals surface area contributed by atoms with Crippen molar-refractivity contribution in [3.05, 3.63) is 72.3 Å². The molecule has 26 heavy (non-hydrogen) atoms. The van der Waals surface area contributed by atoms with Gasteiger partial charge < -0.3 is 14.8 Å². The highest BCUT2D eigenvalue weighted by atomic mass is 16.5. The molecule has 0 aliphatic heterocycles. The van der Waals surface area contributed by atoms with Crippen molar-refractivity contribution in [2.24, 2.45) is 0 Å². The quantitative estimate of drug-likeness (QED) is 0.516. The number of para-hydroxylation sites is 1. The Bertz CT molecular complexity index is 1060. The second-order valence-corrected chi connectivity index (χ2v) is 6.09. The predicted octanol–water partition coefficient (Wildman–Crippen LogP) is 5.02. The molecular formula is C22H20N2O2. The van der Waals surface area contributed by atoms with Crippen molar-refractivity contribution in [2.45, 2.75) is 6.54 Å². The molecule has 1 heterocycles. The van der Waals surface area contributed by atoms with Gasteiger partial charge in [0.05, 0.1) is 30.9 Å². The van der Waals surface area contributed by atoms with Crippen LogP contribution in [0.25, 0.3) is 21.8 Å². The number of benzene rings is 3. The number of pyridine rings is 1. The Balaban J connectivity index is 1.78. The molecule has 3 aromatic carbocycles. The third-order valence-corrected chi connectivity index (χ3v) is 4.52. The van der Waals surface area contributed by atoms with Crippen LogP contribution in [0.3, 0.4) is 0 Å². The number of nitrogens with one attached hydrogen (secondary N) is 1. The SMILES string of the molecule is COc1ccc(CNc2c3ccccc3nc3ccc(OC)cc23)cc1. The lowest BCUT2D eigenvalue weighted by Crippen LogP contribution is -2.02. The number of aromatic nitrogens is 1. The van der Waals surface area contributed by atoms with Gasteiger partial charge in [-0.15, -0.1) is 0 Å². The molecule has 0 bridgehead atoms. The Morgan fingerprint density at radius 3 is 2.23 bits per heavy atom. The second-order valence-electron chi connectivity index (χ2n) is 6.09. The first-order valence-electron chi connectivity index (χ1n) is 8.52. The molecule has 1 aromatic heterocycles. The van der Waals surface area contributed by atoms with Crippen LogP contribution in [-0.2, 0) is 6.54 Å². The molecule has 130 valence electrons. The van der Waals surface area contributed by atoms with Gasteiger partial charge in [0, 0.05) is 17.3 Å². The summed E-state index contributed by atoms with van der Waals surface area (Å²) in [6.45, 7) is 0.713. The number of fused-ring (bicyclic) bond motifs is 2. The van der Waals surface area contributed by atoms with Crippen LogP contribution in [-0.4, -0.2) is 19.2 Å². The molecule has 0 radical (unpaired) electrons. The normalized spacial score (nSPS) is 10.8. The maximum Gasteiger partial charge on any atom is 0.119 e. The van der Waals surface area contributed by atoms with Crippen LogP contribution >= 0.6 is 0 Å². The number of nitrogens with zero attached hydrogens (tertiary/aromatic N) is 1. The van der Waals surface area contributed by atoms with E-state index in [0.29, 0.717) is 6.54 Å². The number of rotatable bonds is 5. The summed E-state index contributed by atoms with van der Waals surface area (Å²) in [6.07, 6.45) is 0. The van der Waals surface area contributed by atoms with Gasteiger partial charge in [0.2, 0.25) is 0 Å². The van der Waals surface area contributed by atoms with Gasteiger partial charge in [-0.1, -0.05) is 30.3 Å². The summed E-state index contributed by atoms with van der Waals surface area (Å²) >= 11 is 0. The van der Waals surface area contributed by atoms with E-state index in [2.05, 4.69) is 23.5 Å². The van der Waals surface area contributed by atoms with Crippen LogP contribution in [0.1, 0.15) is 5.56 Å². The average molecular weight is 344 g/mol. The molecule has 4 rings (SSSR count). The first-order valence-corrected chi connectivity index (χ1v) is 8.52. The van der Waals surface area contributed by atoms with E-state index in [-0.39, 0.29) is 0 Å². The maximum atomic E-state index is 5.41. The van der Waals surface area contributed by atoms with Gasteiger partial charge in [0.1, 0.15) is 11.5 Å². The first-order chi connectivity index (χ1) is 12.8. The van der Waals surface area contributed by atoms with Crippen LogP contribution in [0.5, 0.6) is 11.5 Å². The first kappa shape index (κ1) is 16.2. The Labute approximate surface area is 152 Å². The van der Waals surface area contributed by atoms with Crippen LogP contribution < -0.4 is 14.8 Å². The van der Waals surface area contributed by atoms with Crippen molar-refractivity contribution in [1.29, 1.82) is 0 Å². The van der Waals surface area contributed by atoms with Crippen molar-refractivity contribution < 1.29 is 9.47 Å². The lowest BCUT2D eigenvalue weighted by atomic mass is 10.1. The Morgan fingerprint density at radius 2 is 1.46 bits per heavy atom. The average Bonchev–Trinajstić information content (AvgIpc) is 2.71. The molecule has 0 amide bonds. The number of ether oxygens (including phenoxy) is 2. The summed E-state index contributed by atoms with van der Waals surface area (Å²) in [4.78, 5) is 4.78. The zero-order valence-electron chi connectivity index (χ0n) is 14.8. The van der Waals surface area contributed by atoms with E-state index in [1.165, 1.54) is 5.56 Å². The fourth-order valence-corrected chi connectivity index (χ4v) is 3.12. The van der Waals surface area contributed by atoms with Gasteiger partial charge in [0.25, 0.3) is 0 Å². The summed E-state index contributed by atoms with van der Waals surface area (Å²) < 4.78 is 10.6. The fourth-order valence-electron chi connectivity index (χ4n) is 3.12. The Hall–Kier alpha value is -3.27. The van der Waals surface area contributed by atoms with Gasteiger partial charge in [-0.3, -0.25) is 0 Å². The molecule has 0 aliphatic carbocycles. The zero-order valence-corrected chi connectivity index (χ0v) is 14.8. The topological polar surface area (TPSA) is 43.4 Å².